The number of nitrogens with one attached hydrogen (secondary N) is 3. The van der Waals surface area contributed by atoms with Crippen LogP contribution in [0.1, 0.15) is 5.56 Å². The van der Waals surface area contributed by atoms with Crippen LogP contribution in [0, 0.1) is 5.82 Å². The van der Waals surface area contributed by atoms with Gasteiger partial charge in [0.2, 0.25) is 6.79 Å². The first-order valence-corrected chi connectivity index (χ1v) is 7.72. The normalized spacial score (nSPS) is 12.0. The van der Waals surface area contributed by atoms with Crippen LogP contribution in [-0.2, 0) is 4.79 Å². The number of amides is 1. The van der Waals surface area contributed by atoms with Crippen LogP contribution in [0.15, 0.2) is 48.5 Å². The molecule has 2 aromatic carbocycles. The predicted octanol–water partition coefficient (Wildman–Crippen LogP) is 2.59. The van der Waals surface area contributed by atoms with Crippen molar-refractivity contribution < 1.29 is 18.7 Å². The summed E-state index contributed by atoms with van der Waals surface area (Å²) in [6.45, 7) is 0.194. The van der Waals surface area contributed by atoms with Crippen molar-refractivity contribution in [1.29, 1.82) is 0 Å². The third kappa shape index (κ3) is 4.45. The van der Waals surface area contributed by atoms with Crippen LogP contribution in [0.4, 0.5) is 10.1 Å². The highest BCUT2D eigenvalue weighted by Crippen LogP contribution is 2.32. The van der Waals surface area contributed by atoms with Gasteiger partial charge in [-0.1, -0.05) is 18.2 Å². The number of hydrogen-bond donors (Lipinski definition) is 3. The molecule has 1 aliphatic rings. The Hall–Kier alpha value is -3.13. The molecule has 0 spiro atoms. The molecule has 8 heteroatoms. The molecule has 0 aromatic heterocycles. The summed E-state index contributed by atoms with van der Waals surface area (Å²) in [5, 5.41) is 2.71. The zero-order valence-corrected chi connectivity index (χ0v) is 13.7. The molecule has 25 heavy (non-hydrogen) atoms. The minimum Gasteiger partial charge on any atom is -0.454 e. The molecule has 2 aromatic rings. The van der Waals surface area contributed by atoms with E-state index < -0.39 is 11.7 Å². The molecule has 0 saturated carbocycles. The lowest BCUT2D eigenvalue weighted by Gasteiger charge is -2.10. The molecule has 3 rings (SSSR count). The summed E-state index contributed by atoms with van der Waals surface area (Å²) in [4.78, 5) is 11.8. The third-order valence-electron chi connectivity index (χ3n) is 3.25. The van der Waals surface area contributed by atoms with Crippen molar-refractivity contribution in [2.75, 3.05) is 12.1 Å². The van der Waals surface area contributed by atoms with Gasteiger partial charge >= 0.3 is 0 Å². The van der Waals surface area contributed by atoms with E-state index in [0.29, 0.717) is 11.5 Å². The van der Waals surface area contributed by atoms with Gasteiger partial charge in [0.05, 0.1) is 5.69 Å². The minimum atomic E-state index is -0.444. The zero-order valence-electron chi connectivity index (χ0n) is 12.9. The van der Waals surface area contributed by atoms with Crippen LogP contribution < -0.4 is 25.6 Å². The van der Waals surface area contributed by atoms with Crippen molar-refractivity contribution in [3.63, 3.8) is 0 Å². The van der Waals surface area contributed by atoms with E-state index in [0.717, 1.165) is 5.56 Å². The number of halogens is 1. The van der Waals surface area contributed by atoms with Crippen molar-refractivity contribution in [2.24, 2.45) is 0 Å². The topological polar surface area (TPSA) is 71.6 Å². The molecule has 0 atom stereocenters. The largest absolute Gasteiger partial charge is 0.454 e. The Bertz CT molecular complexity index is 842. The number of hydrazine groups is 1. The van der Waals surface area contributed by atoms with Crippen LogP contribution in [-0.4, -0.2) is 17.8 Å². The van der Waals surface area contributed by atoms with Crippen LogP contribution in [0.25, 0.3) is 6.08 Å². The van der Waals surface area contributed by atoms with E-state index in [2.05, 4.69) is 16.2 Å². The number of hydrogen-bond acceptors (Lipinski definition) is 4. The average Bonchev–Trinajstić information content (AvgIpc) is 3.08. The van der Waals surface area contributed by atoms with Gasteiger partial charge in [-0.2, -0.15) is 0 Å². The second-order valence-corrected chi connectivity index (χ2v) is 5.40. The van der Waals surface area contributed by atoms with Gasteiger partial charge in [-0.3, -0.25) is 15.6 Å². The molecular weight excluding hydrogens is 345 g/mol. The number of benzene rings is 2. The quantitative estimate of drug-likeness (QED) is 0.445. The number of fused-ring (bicyclic) bond motifs is 1. The zero-order chi connectivity index (χ0) is 17.6. The van der Waals surface area contributed by atoms with Gasteiger partial charge < -0.3 is 14.8 Å². The molecule has 3 N–H and O–H groups in total. The first-order chi connectivity index (χ1) is 12.1. The number of rotatable bonds is 3. The van der Waals surface area contributed by atoms with E-state index in [1.807, 2.05) is 0 Å². The predicted molar refractivity (Wildman–Crippen MR) is 95.5 cm³/mol. The first kappa shape index (κ1) is 16.7. The lowest BCUT2D eigenvalue weighted by molar-refractivity contribution is -0.116. The highest BCUT2D eigenvalue weighted by atomic mass is 32.1. The maximum absolute atomic E-state index is 13.5. The molecule has 1 heterocycles. The van der Waals surface area contributed by atoms with Gasteiger partial charge in [0.15, 0.2) is 16.6 Å². The average molecular weight is 359 g/mol. The highest BCUT2D eigenvalue weighted by molar-refractivity contribution is 7.80. The van der Waals surface area contributed by atoms with Gasteiger partial charge in [0, 0.05) is 6.08 Å². The van der Waals surface area contributed by atoms with Gasteiger partial charge in [-0.25, -0.2) is 4.39 Å². The molecular formula is C17H14FN3O3S. The fraction of sp³-hybridized carbons (Fsp3) is 0.0588. The second-order valence-electron chi connectivity index (χ2n) is 4.99. The van der Waals surface area contributed by atoms with E-state index in [9.17, 15) is 9.18 Å². The summed E-state index contributed by atoms with van der Waals surface area (Å²) in [5.41, 5.74) is 5.88. The molecule has 6 nitrogen and oxygen atoms in total. The van der Waals surface area contributed by atoms with Gasteiger partial charge in [0.25, 0.3) is 5.91 Å². The van der Waals surface area contributed by atoms with Crippen molar-refractivity contribution >= 4 is 35.0 Å². The number of thiocarbonyl (C=S) groups is 1. The van der Waals surface area contributed by atoms with E-state index in [1.54, 1.807) is 36.4 Å². The van der Waals surface area contributed by atoms with Crippen molar-refractivity contribution in [3.8, 4) is 11.5 Å². The van der Waals surface area contributed by atoms with Crippen molar-refractivity contribution in [1.82, 2.24) is 10.9 Å². The smallest absolute Gasteiger partial charge is 0.262 e. The molecule has 1 aliphatic heterocycles. The fourth-order valence-electron chi connectivity index (χ4n) is 2.06. The molecule has 0 radical (unpaired) electrons. The third-order valence-corrected chi connectivity index (χ3v) is 3.45. The number of carbonyl (C=O) groups is 1. The van der Waals surface area contributed by atoms with Crippen molar-refractivity contribution in [2.45, 2.75) is 0 Å². The van der Waals surface area contributed by atoms with Gasteiger partial charge in [0.1, 0.15) is 5.82 Å². The Kier molecular flexibility index (Phi) is 5.10. The highest BCUT2D eigenvalue weighted by Gasteiger charge is 2.12. The summed E-state index contributed by atoms with van der Waals surface area (Å²) in [5.74, 6) is 0.444. The SMILES string of the molecule is O=C(/C=C/c1ccc2c(c1)OCO2)NNC(=S)Nc1ccccc1F. The molecule has 0 saturated heterocycles. The second kappa shape index (κ2) is 7.63. The number of ether oxygens (including phenoxy) is 2. The molecule has 0 aliphatic carbocycles. The molecule has 128 valence electrons. The first-order valence-electron chi connectivity index (χ1n) is 7.31. The standard InChI is InChI=1S/C17H14FN3O3S/c18-12-3-1-2-4-13(12)19-17(25)21-20-16(22)8-6-11-5-7-14-15(9-11)24-10-23-14/h1-9H,10H2,(H,20,22)(H2,19,21,25)/b8-6+. The lowest BCUT2D eigenvalue weighted by atomic mass is 10.2. The maximum Gasteiger partial charge on any atom is 0.262 e. The summed E-state index contributed by atoms with van der Waals surface area (Å²) < 4.78 is 24.0. The fourth-order valence-corrected chi connectivity index (χ4v) is 2.23. The summed E-state index contributed by atoms with van der Waals surface area (Å²) >= 11 is 4.99. The van der Waals surface area contributed by atoms with Crippen LogP contribution in [0.5, 0.6) is 11.5 Å². The number of carbonyl (C=O) groups excluding carboxylic acids is 1. The Balaban J connectivity index is 1.49. The van der Waals surface area contributed by atoms with Gasteiger partial charge in [-0.15, -0.1) is 0 Å². The summed E-state index contributed by atoms with van der Waals surface area (Å²) in [7, 11) is 0. The van der Waals surface area contributed by atoms with Crippen molar-refractivity contribution in [3.05, 3.63) is 59.9 Å². The molecule has 0 unspecified atom stereocenters. The Labute approximate surface area is 148 Å². The Morgan fingerprint density at radius 2 is 1.92 bits per heavy atom. The monoisotopic (exact) mass is 359 g/mol. The van der Waals surface area contributed by atoms with E-state index in [4.69, 9.17) is 21.7 Å². The van der Waals surface area contributed by atoms with Crippen LogP contribution >= 0.6 is 12.2 Å². The minimum absolute atomic E-state index is 0.0647. The number of para-hydroxylation sites is 1. The maximum atomic E-state index is 13.5. The van der Waals surface area contributed by atoms with E-state index in [-0.39, 0.29) is 17.6 Å². The summed E-state index contributed by atoms with van der Waals surface area (Å²) in [6, 6.07) is 11.4. The Morgan fingerprint density at radius 3 is 2.76 bits per heavy atom. The Morgan fingerprint density at radius 1 is 1.12 bits per heavy atom. The molecule has 1 amide bonds. The van der Waals surface area contributed by atoms with Crippen LogP contribution in [0.2, 0.25) is 0 Å². The summed E-state index contributed by atoms with van der Waals surface area (Å²) in [6.07, 6.45) is 2.95. The lowest BCUT2D eigenvalue weighted by Crippen LogP contribution is -2.43. The van der Waals surface area contributed by atoms with E-state index >= 15 is 0 Å². The van der Waals surface area contributed by atoms with Crippen LogP contribution in [0.3, 0.4) is 0 Å². The molecule has 0 fully saturated rings. The molecule has 0 bridgehead atoms. The van der Waals surface area contributed by atoms with Gasteiger partial charge in [-0.05, 0) is 48.1 Å². The number of anilines is 1. The van der Waals surface area contributed by atoms with E-state index in [1.165, 1.54) is 18.2 Å².